The number of fused-ring (bicyclic) bond motifs is 1. The smallest absolute Gasteiger partial charge is 0.137 e. The molecule has 0 amide bonds. The molecule has 1 aliphatic carbocycles. The van der Waals surface area contributed by atoms with E-state index in [1.807, 2.05) is 22.7 Å². The van der Waals surface area contributed by atoms with E-state index >= 15 is 0 Å². The Balaban J connectivity index is 1.65. The van der Waals surface area contributed by atoms with Gasteiger partial charge in [-0.25, -0.2) is 4.98 Å². The highest BCUT2D eigenvalue weighted by Gasteiger charge is 2.30. The van der Waals surface area contributed by atoms with E-state index in [9.17, 15) is 0 Å². The van der Waals surface area contributed by atoms with Crippen molar-refractivity contribution in [3.8, 4) is 0 Å². The van der Waals surface area contributed by atoms with Crippen molar-refractivity contribution in [1.29, 1.82) is 0 Å². The zero-order chi connectivity index (χ0) is 14.1. The normalized spacial score (nSPS) is 26.4. The fraction of sp³-hybridized carbons (Fsp3) is 0.562. The monoisotopic (exact) mass is 291 g/mol. The highest BCUT2D eigenvalue weighted by atomic mass is 35.5. The second-order valence-electron chi connectivity index (χ2n) is 5.94. The highest BCUT2D eigenvalue weighted by molar-refractivity contribution is 6.30. The molecule has 1 fully saturated rings. The average molecular weight is 292 g/mol. The summed E-state index contributed by atoms with van der Waals surface area (Å²) in [6.45, 7) is 5.52. The Morgan fingerprint density at radius 3 is 2.95 bits per heavy atom. The summed E-state index contributed by atoms with van der Waals surface area (Å²) in [5.41, 5.74) is 2.04. The van der Waals surface area contributed by atoms with Gasteiger partial charge in [0.15, 0.2) is 0 Å². The minimum atomic E-state index is 0.633. The summed E-state index contributed by atoms with van der Waals surface area (Å²) in [6, 6.07) is 4.47. The summed E-state index contributed by atoms with van der Waals surface area (Å²) in [4.78, 5) is 4.62. The molecule has 0 aliphatic heterocycles. The number of nitrogens with zero attached hydrogens (tertiary/aromatic N) is 2. The first-order valence-corrected chi connectivity index (χ1v) is 7.91. The van der Waals surface area contributed by atoms with E-state index in [1.165, 1.54) is 19.3 Å². The van der Waals surface area contributed by atoms with E-state index in [2.05, 4.69) is 30.3 Å². The summed E-state index contributed by atoms with van der Waals surface area (Å²) in [6.07, 6.45) is 7.91. The Morgan fingerprint density at radius 1 is 1.35 bits per heavy atom. The van der Waals surface area contributed by atoms with Gasteiger partial charge in [0.05, 0.1) is 10.7 Å². The molecule has 4 heteroatoms. The molecule has 3 nitrogen and oxygen atoms in total. The Labute approximate surface area is 125 Å². The molecule has 0 aromatic carbocycles. The van der Waals surface area contributed by atoms with Gasteiger partial charge in [-0.05, 0) is 36.8 Å². The molecular weight excluding hydrogens is 270 g/mol. The van der Waals surface area contributed by atoms with Gasteiger partial charge in [0.2, 0.25) is 0 Å². The van der Waals surface area contributed by atoms with Crippen molar-refractivity contribution in [3.05, 3.63) is 35.2 Å². The van der Waals surface area contributed by atoms with Gasteiger partial charge < -0.3 is 9.72 Å². The maximum Gasteiger partial charge on any atom is 0.137 e. The predicted molar refractivity (Wildman–Crippen MR) is 83.0 cm³/mol. The van der Waals surface area contributed by atoms with Crippen molar-refractivity contribution in [3.63, 3.8) is 0 Å². The van der Waals surface area contributed by atoms with Crippen molar-refractivity contribution < 1.29 is 0 Å². The van der Waals surface area contributed by atoms with Crippen LogP contribution in [0.5, 0.6) is 0 Å². The molecule has 0 radical (unpaired) electrons. The van der Waals surface area contributed by atoms with E-state index < -0.39 is 0 Å². The van der Waals surface area contributed by atoms with Crippen molar-refractivity contribution in [2.75, 3.05) is 0 Å². The van der Waals surface area contributed by atoms with Crippen molar-refractivity contribution in [1.82, 2.24) is 14.7 Å². The first kappa shape index (κ1) is 13.9. The molecule has 2 aromatic rings. The van der Waals surface area contributed by atoms with Gasteiger partial charge in [0.1, 0.15) is 5.65 Å². The summed E-state index contributed by atoms with van der Waals surface area (Å²) >= 11 is 6.00. The molecule has 3 rings (SSSR count). The predicted octanol–water partition coefficient (Wildman–Crippen LogP) is 3.90. The standard InChI is InChI=1S/C16H22ClN3/c1-3-12-4-6-15(11(12)2)18-8-14-10-20-9-13(17)5-7-16(20)19-14/h5,7,9-12,15,18H,3-4,6,8H2,1-2H3. The van der Waals surface area contributed by atoms with Crippen LogP contribution in [-0.2, 0) is 6.54 Å². The number of aromatic nitrogens is 2. The van der Waals surface area contributed by atoms with Crippen LogP contribution >= 0.6 is 11.6 Å². The van der Waals surface area contributed by atoms with Crippen LogP contribution < -0.4 is 5.32 Å². The van der Waals surface area contributed by atoms with Crippen LogP contribution in [0.2, 0.25) is 5.02 Å². The fourth-order valence-electron chi connectivity index (χ4n) is 3.45. The Kier molecular flexibility index (Phi) is 3.99. The van der Waals surface area contributed by atoms with Crippen molar-refractivity contribution in [2.45, 2.75) is 45.7 Å². The van der Waals surface area contributed by atoms with E-state index in [0.717, 1.165) is 34.7 Å². The van der Waals surface area contributed by atoms with Crippen molar-refractivity contribution in [2.24, 2.45) is 11.8 Å². The molecule has 1 aliphatic rings. The Morgan fingerprint density at radius 2 is 2.20 bits per heavy atom. The topological polar surface area (TPSA) is 29.3 Å². The lowest BCUT2D eigenvalue weighted by Crippen LogP contribution is -2.32. The molecule has 2 heterocycles. The van der Waals surface area contributed by atoms with Gasteiger partial charge in [-0.3, -0.25) is 0 Å². The van der Waals surface area contributed by atoms with Crippen LogP contribution in [0.4, 0.5) is 0 Å². The van der Waals surface area contributed by atoms with Crippen molar-refractivity contribution >= 4 is 17.2 Å². The van der Waals surface area contributed by atoms with Gasteiger partial charge in [-0.15, -0.1) is 0 Å². The SMILES string of the molecule is CCC1CCC(NCc2cn3cc(Cl)ccc3n2)C1C. The molecule has 108 valence electrons. The quantitative estimate of drug-likeness (QED) is 0.926. The minimum absolute atomic E-state index is 0.633. The largest absolute Gasteiger partial charge is 0.308 e. The molecule has 2 aromatic heterocycles. The zero-order valence-corrected chi connectivity index (χ0v) is 12.9. The lowest BCUT2D eigenvalue weighted by Gasteiger charge is -2.20. The van der Waals surface area contributed by atoms with Gasteiger partial charge in [-0.2, -0.15) is 0 Å². The maximum absolute atomic E-state index is 6.00. The first-order chi connectivity index (χ1) is 9.67. The molecule has 0 spiro atoms. The molecule has 0 bridgehead atoms. The molecule has 20 heavy (non-hydrogen) atoms. The number of halogens is 1. The summed E-state index contributed by atoms with van der Waals surface area (Å²) < 4.78 is 1.99. The van der Waals surface area contributed by atoms with Gasteiger partial charge in [-0.1, -0.05) is 31.9 Å². The zero-order valence-electron chi connectivity index (χ0n) is 12.1. The summed E-state index contributed by atoms with van der Waals surface area (Å²) in [7, 11) is 0. The minimum Gasteiger partial charge on any atom is -0.308 e. The second-order valence-corrected chi connectivity index (χ2v) is 6.37. The summed E-state index contributed by atoms with van der Waals surface area (Å²) in [5.74, 6) is 1.65. The Hall–Kier alpha value is -1.06. The van der Waals surface area contributed by atoms with Crippen LogP contribution in [0.3, 0.4) is 0 Å². The van der Waals surface area contributed by atoms with Crippen LogP contribution in [0.15, 0.2) is 24.5 Å². The molecule has 1 saturated carbocycles. The van der Waals surface area contributed by atoms with Crippen LogP contribution in [0, 0.1) is 11.8 Å². The number of rotatable bonds is 4. The molecule has 3 atom stereocenters. The molecule has 0 saturated heterocycles. The third kappa shape index (κ3) is 2.70. The number of hydrogen-bond acceptors (Lipinski definition) is 2. The van der Waals surface area contributed by atoms with Gasteiger partial charge in [0.25, 0.3) is 0 Å². The molecule has 3 unspecified atom stereocenters. The van der Waals surface area contributed by atoms with Crippen LogP contribution in [0.1, 0.15) is 38.8 Å². The highest BCUT2D eigenvalue weighted by Crippen LogP contribution is 2.33. The number of pyridine rings is 1. The first-order valence-electron chi connectivity index (χ1n) is 7.54. The number of hydrogen-bond donors (Lipinski definition) is 1. The number of imidazole rings is 1. The third-order valence-electron chi connectivity index (χ3n) is 4.76. The lowest BCUT2D eigenvalue weighted by atomic mass is 9.93. The average Bonchev–Trinajstić information content (AvgIpc) is 2.99. The van der Waals surface area contributed by atoms with Crippen LogP contribution in [0.25, 0.3) is 5.65 Å². The molecule has 1 N–H and O–H groups in total. The summed E-state index contributed by atoms with van der Waals surface area (Å²) in [5, 5.41) is 4.42. The van der Waals surface area contributed by atoms with Crippen LogP contribution in [-0.4, -0.2) is 15.4 Å². The van der Waals surface area contributed by atoms with E-state index in [4.69, 9.17) is 11.6 Å². The lowest BCUT2D eigenvalue weighted by molar-refractivity contribution is 0.343. The third-order valence-corrected chi connectivity index (χ3v) is 4.98. The maximum atomic E-state index is 6.00. The van der Waals surface area contributed by atoms with E-state index in [-0.39, 0.29) is 0 Å². The van der Waals surface area contributed by atoms with Gasteiger partial charge in [0, 0.05) is 25.0 Å². The van der Waals surface area contributed by atoms with E-state index in [1.54, 1.807) is 0 Å². The Bertz CT molecular complexity index is 592. The van der Waals surface area contributed by atoms with E-state index in [0.29, 0.717) is 6.04 Å². The molecular formula is C16H22ClN3. The second kappa shape index (κ2) is 5.74. The fourth-order valence-corrected chi connectivity index (χ4v) is 3.62. The van der Waals surface area contributed by atoms with Gasteiger partial charge >= 0.3 is 0 Å². The number of nitrogens with one attached hydrogen (secondary N) is 1.